The van der Waals surface area contributed by atoms with E-state index in [0.29, 0.717) is 28.7 Å². The molecule has 3 aromatic rings. The minimum Gasteiger partial charge on any atom is -0.461 e. The predicted molar refractivity (Wildman–Crippen MR) is 108 cm³/mol. The highest BCUT2D eigenvalue weighted by atomic mass is 16.5. The molecule has 2 N–H and O–H groups in total. The van der Waals surface area contributed by atoms with E-state index >= 15 is 0 Å². The summed E-state index contributed by atoms with van der Waals surface area (Å²) in [5.41, 5.74) is 1.38. The van der Waals surface area contributed by atoms with Gasteiger partial charge in [0.05, 0.1) is 6.26 Å². The fraction of sp³-hybridized carbons (Fsp3) is 0.130. The number of methoxy groups -OCH3 is 1. The lowest BCUT2D eigenvalue weighted by atomic mass is 9.77. The molecule has 1 amide bonds. The second-order valence-electron chi connectivity index (χ2n) is 6.73. The molecule has 0 saturated carbocycles. The number of benzene rings is 2. The average Bonchev–Trinajstić information content (AvgIpc) is 3.21. The minimum absolute atomic E-state index is 0.242. The van der Waals surface area contributed by atoms with Crippen molar-refractivity contribution in [1.82, 2.24) is 0 Å². The van der Waals surface area contributed by atoms with Gasteiger partial charge in [-0.2, -0.15) is 0 Å². The van der Waals surface area contributed by atoms with E-state index in [0.717, 1.165) is 5.56 Å². The second-order valence-corrected chi connectivity index (χ2v) is 6.73. The zero-order valence-electron chi connectivity index (χ0n) is 15.7. The first-order chi connectivity index (χ1) is 14.1. The van der Waals surface area contributed by atoms with Gasteiger partial charge in [0.25, 0.3) is 5.91 Å². The topological polar surface area (TPSA) is 88.8 Å². The molecule has 0 spiro atoms. The number of furan rings is 1. The van der Waals surface area contributed by atoms with Crippen LogP contribution in [0.3, 0.4) is 0 Å². The summed E-state index contributed by atoms with van der Waals surface area (Å²) in [6.45, 7) is 0. The number of carbonyl (C=O) groups is 2. The number of aldehydes is 1. The summed E-state index contributed by atoms with van der Waals surface area (Å²) in [5.74, 6) is -0.171. The number of carbonyl (C=O) groups excluding carboxylic acids is 2. The van der Waals surface area contributed by atoms with Crippen LogP contribution in [0.1, 0.15) is 32.8 Å². The predicted octanol–water partition coefficient (Wildman–Crippen LogP) is 3.47. The van der Waals surface area contributed by atoms with E-state index in [2.05, 4.69) is 5.32 Å². The van der Waals surface area contributed by atoms with Gasteiger partial charge in [-0.3, -0.25) is 9.59 Å². The average molecular weight is 389 g/mol. The van der Waals surface area contributed by atoms with Gasteiger partial charge in [0.1, 0.15) is 0 Å². The number of amides is 1. The SMILES string of the molecule is COC1C(=O)Nc2ccc(/C=C/c3ccoc3C=O)cc2C1(O)c1ccccc1. The van der Waals surface area contributed by atoms with Gasteiger partial charge in [-0.05, 0) is 29.3 Å². The van der Waals surface area contributed by atoms with Crippen molar-refractivity contribution in [3.63, 3.8) is 0 Å². The Balaban J connectivity index is 1.82. The molecular weight excluding hydrogens is 370 g/mol. The third-order valence-electron chi connectivity index (χ3n) is 5.07. The second kappa shape index (κ2) is 7.50. The Hall–Kier alpha value is -3.48. The fourth-order valence-corrected chi connectivity index (χ4v) is 3.65. The Bertz CT molecular complexity index is 1090. The van der Waals surface area contributed by atoms with Crippen molar-refractivity contribution < 1.29 is 23.8 Å². The lowest BCUT2D eigenvalue weighted by molar-refractivity contribution is -0.142. The summed E-state index contributed by atoms with van der Waals surface area (Å²) in [6, 6.07) is 16.0. The minimum atomic E-state index is -1.65. The maximum Gasteiger partial charge on any atom is 0.257 e. The lowest BCUT2D eigenvalue weighted by Crippen LogP contribution is -2.52. The van der Waals surface area contributed by atoms with E-state index < -0.39 is 17.6 Å². The molecule has 2 unspecified atom stereocenters. The van der Waals surface area contributed by atoms with Gasteiger partial charge >= 0.3 is 0 Å². The zero-order chi connectivity index (χ0) is 20.4. The van der Waals surface area contributed by atoms with Crippen LogP contribution in [-0.4, -0.2) is 30.5 Å². The van der Waals surface area contributed by atoms with Crippen molar-refractivity contribution in [2.45, 2.75) is 11.7 Å². The van der Waals surface area contributed by atoms with Gasteiger partial charge in [0.15, 0.2) is 23.8 Å². The summed E-state index contributed by atoms with van der Waals surface area (Å²) < 4.78 is 10.5. The molecule has 6 nitrogen and oxygen atoms in total. The molecule has 0 fully saturated rings. The van der Waals surface area contributed by atoms with Crippen LogP contribution >= 0.6 is 0 Å². The molecule has 1 aromatic heterocycles. The third kappa shape index (κ3) is 3.18. The van der Waals surface area contributed by atoms with Crippen LogP contribution in [0.2, 0.25) is 0 Å². The van der Waals surface area contributed by atoms with Crippen LogP contribution in [0.15, 0.2) is 65.3 Å². The number of aliphatic hydroxyl groups is 1. The molecule has 29 heavy (non-hydrogen) atoms. The Kier molecular flexibility index (Phi) is 4.88. The first kappa shape index (κ1) is 18.9. The van der Waals surface area contributed by atoms with Crippen molar-refractivity contribution in [3.05, 3.63) is 88.9 Å². The number of rotatable bonds is 5. The van der Waals surface area contributed by atoms with E-state index in [4.69, 9.17) is 9.15 Å². The maximum absolute atomic E-state index is 12.6. The van der Waals surface area contributed by atoms with E-state index in [1.165, 1.54) is 13.4 Å². The zero-order valence-corrected chi connectivity index (χ0v) is 15.7. The van der Waals surface area contributed by atoms with E-state index in [9.17, 15) is 14.7 Å². The summed E-state index contributed by atoms with van der Waals surface area (Å²) in [5, 5.41) is 14.5. The van der Waals surface area contributed by atoms with Gasteiger partial charge in [-0.1, -0.05) is 48.6 Å². The van der Waals surface area contributed by atoms with E-state index in [1.54, 1.807) is 48.5 Å². The number of nitrogens with one attached hydrogen (secondary N) is 1. The van der Waals surface area contributed by atoms with Crippen molar-refractivity contribution in [2.24, 2.45) is 0 Å². The van der Waals surface area contributed by atoms with Crippen LogP contribution in [0.25, 0.3) is 12.2 Å². The van der Waals surface area contributed by atoms with Crippen molar-refractivity contribution in [3.8, 4) is 0 Å². The van der Waals surface area contributed by atoms with E-state index in [-0.39, 0.29) is 5.76 Å². The monoisotopic (exact) mass is 389 g/mol. The smallest absolute Gasteiger partial charge is 0.257 e. The molecule has 0 radical (unpaired) electrons. The third-order valence-corrected chi connectivity index (χ3v) is 5.07. The summed E-state index contributed by atoms with van der Waals surface area (Å²) in [4.78, 5) is 23.6. The van der Waals surface area contributed by atoms with E-state index in [1.807, 2.05) is 18.2 Å². The lowest BCUT2D eigenvalue weighted by Gasteiger charge is -2.40. The van der Waals surface area contributed by atoms with Gasteiger partial charge in [0, 0.05) is 23.9 Å². The standard InChI is InChI=1S/C23H19NO5/c1-28-21-22(26)24-19-10-8-15(7-9-16-11-12-29-20(16)14-25)13-18(19)23(21,27)17-5-3-2-4-6-17/h2-14,21,27H,1H3,(H,24,26)/b9-7+. The van der Waals surface area contributed by atoms with Crippen LogP contribution in [0, 0.1) is 0 Å². The molecule has 2 aromatic carbocycles. The molecule has 146 valence electrons. The largest absolute Gasteiger partial charge is 0.461 e. The van der Waals surface area contributed by atoms with Gasteiger partial charge in [-0.15, -0.1) is 0 Å². The van der Waals surface area contributed by atoms with Crippen molar-refractivity contribution in [1.29, 1.82) is 0 Å². The summed E-state index contributed by atoms with van der Waals surface area (Å²) >= 11 is 0. The molecule has 2 atom stereocenters. The first-order valence-corrected chi connectivity index (χ1v) is 9.04. The summed E-state index contributed by atoms with van der Waals surface area (Å²) in [7, 11) is 1.40. The highest BCUT2D eigenvalue weighted by Crippen LogP contribution is 2.42. The molecule has 0 saturated heterocycles. The molecule has 4 rings (SSSR count). The highest BCUT2D eigenvalue weighted by molar-refractivity contribution is 6.00. The summed E-state index contributed by atoms with van der Waals surface area (Å²) in [6.07, 6.45) is 4.56. The van der Waals surface area contributed by atoms with Crippen LogP contribution in [0.5, 0.6) is 0 Å². The van der Waals surface area contributed by atoms with Crippen LogP contribution < -0.4 is 5.32 Å². The molecule has 1 aliphatic rings. The molecular formula is C23H19NO5. The molecule has 2 heterocycles. The molecule has 1 aliphatic heterocycles. The number of hydrogen-bond donors (Lipinski definition) is 2. The number of hydrogen-bond acceptors (Lipinski definition) is 5. The Morgan fingerprint density at radius 2 is 1.93 bits per heavy atom. The molecule has 0 aliphatic carbocycles. The molecule has 0 bridgehead atoms. The highest BCUT2D eigenvalue weighted by Gasteiger charge is 2.49. The van der Waals surface area contributed by atoms with Gasteiger partial charge in [-0.25, -0.2) is 0 Å². The Labute approximate surface area is 167 Å². The van der Waals surface area contributed by atoms with Gasteiger partial charge in [0.2, 0.25) is 0 Å². The normalized spacial score (nSPS) is 21.0. The Morgan fingerprint density at radius 3 is 2.66 bits per heavy atom. The molecule has 6 heteroatoms. The quantitative estimate of drug-likeness (QED) is 0.653. The van der Waals surface area contributed by atoms with Gasteiger partial charge < -0.3 is 19.6 Å². The van der Waals surface area contributed by atoms with Crippen LogP contribution in [0.4, 0.5) is 5.69 Å². The number of anilines is 1. The fourth-order valence-electron chi connectivity index (χ4n) is 3.65. The van der Waals surface area contributed by atoms with Crippen molar-refractivity contribution in [2.75, 3.05) is 12.4 Å². The van der Waals surface area contributed by atoms with Crippen LogP contribution in [-0.2, 0) is 15.1 Å². The maximum atomic E-state index is 12.6. The number of fused-ring (bicyclic) bond motifs is 1. The number of ether oxygens (including phenoxy) is 1. The van der Waals surface area contributed by atoms with Crippen molar-refractivity contribution >= 4 is 30.0 Å². The Morgan fingerprint density at radius 1 is 1.14 bits per heavy atom. The first-order valence-electron chi connectivity index (χ1n) is 9.04.